The average molecular weight is 342 g/mol. The van der Waals surface area contributed by atoms with Gasteiger partial charge in [-0.1, -0.05) is 0 Å². The first-order chi connectivity index (χ1) is 11.5. The third-order valence-corrected chi connectivity index (χ3v) is 4.58. The molecule has 4 N–H and O–H groups in total. The zero-order valence-corrected chi connectivity index (χ0v) is 13.5. The molecule has 134 valence electrons. The Hall–Kier alpha value is -1.42. The molecule has 0 spiro atoms. The number of aliphatic hydroxyl groups excluding tert-OH is 4. The third-order valence-electron chi connectivity index (χ3n) is 4.58. The minimum absolute atomic E-state index is 0.0190. The van der Waals surface area contributed by atoms with Crippen LogP contribution >= 0.6 is 0 Å². The number of hydrogen-bond donors (Lipinski definition) is 4. The number of aliphatic hydroxyl groups is 4. The summed E-state index contributed by atoms with van der Waals surface area (Å²) >= 11 is 0. The van der Waals surface area contributed by atoms with Crippen LogP contribution in [0, 0.1) is 0 Å². The Bertz CT molecular complexity index is 593. The van der Waals surface area contributed by atoms with Crippen LogP contribution in [0.5, 0.6) is 11.5 Å². The Kier molecular flexibility index (Phi) is 4.69. The van der Waals surface area contributed by atoms with Gasteiger partial charge in [0.15, 0.2) is 17.3 Å². The van der Waals surface area contributed by atoms with Gasteiger partial charge in [-0.3, -0.25) is 0 Å². The van der Waals surface area contributed by atoms with Crippen molar-refractivity contribution in [2.75, 3.05) is 20.8 Å². The first-order valence-electron chi connectivity index (χ1n) is 7.69. The minimum atomic E-state index is -1.34. The summed E-state index contributed by atoms with van der Waals surface area (Å²) in [5, 5.41) is 39.5. The number of benzene rings is 1. The van der Waals surface area contributed by atoms with Crippen molar-refractivity contribution in [1.82, 2.24) is 0 Å². The molecule has 2 fully saturated rings. The van der Waals surface area contributed by atoms with Gasteiger partial charge in [0.1, 0.15) is 24.4 Å². The van der Waals surface area contributed by atoms with Crippen LogP contribution in [0.4, 0.5) is 0 Å². The van der Waals surface area contributed by atoms with Crippen LogP contribution in [0.2, 0.25) is 0 Å². The second kappa shape index (κ2) is 6.47. The largest absolute Gasteiger partial charge is 0.493 e. The molecule has 0 aromatic heterocycles. The molecule has 1 aromatic rings. The summed E-state index contributed by atoms with van der Waals surface area (Å²) in [4.78, 5) is 0. The van der Waals surface area contributed by atoms with E-state index in [1.54, 1.807) is 18.2 Å². The number of ether oxygens (including phenoxy) is 4. The van der Waals surface area contributed by atoms with Crippen LogP contribution in [0.1, 0.15) is 12.0 Å². The Labute approximate surface area is 139 Å². The topological polar surface area (TPSA) is 118 Å². The van der Waals surface area contributed by atoms with Crippen molar-refractivity contribution < 1.29 is 39.4 Å². The van der Waals surface area contributed by atoms with E-state index in [9.17, 15) is 20.4 Å². The van der Waals surface area contributed by atoms with Gasteiger partial charge in [-0.2, -0.15) is 0 Å². The van der Waals surface area contributed by atoms with Crippen molar-refractivity contribution in [3.05, 3.63) is 23.8 Å². The highest BCUT2D eigenvalue weighted by molar-refractivity contribution is 5.44. The lowest BCUT2D eigenvalue weighted by Gasteiger charge is -2.37. The van der Waals surface area contributed by atoms with Gasteiger partial charge in [0, 0.05) is 12.0 Å². The van der Waals surface area contributed by atoms with E-state index < -0.39 is 42.9 Å². The maximum atomic E-state index is 10.2. The molecule has 2 aliphatic heterocycles. The van der Waals surface area contributed by atoms with Crippen LogP contribution in [0.3, 0.4) is 0 Å². The highest BCUT2D eigenvalue weighted by Gasteiger charge is 2.59. The van der Waals surface area contributed by atoms with Gasteiger partial charge in [-0.15, -0.1) is 0 Å². The van der Waals surface area contributed by atoms with E-state index in [1.807, 2.05) is 0 Å². The van der Waals surface area contributed by atoms with Gasteiger partial charge in [-0.25, -0.2) is 0 Å². The predicted molar refractivity (Wildman–Crippen MR) is 80.7 cm³/mol. The van der Waals surface area contributed by atoms with E-state index in [4.69, 9.17) is 18.9 Å². The molecule has 2 aliphatic rings. The third kappa shape index (κ3) is 2.65. The SMILES string of the molecule is COc1ccc([C@@]23C[C@H](O)[C@@H](O)[C@@H](O2)[C@@H]([C@H](O)CO)O3)cc1OC. The molecule has 0 radical (unpaired) electrons. The second-order valence-corrected chi connectivity index (χ2v) is 6.00. The molecule has 8 nitrogen and oxygen atoms in total. The van der Waals surface area contributed by atoms with E-state index in [0.29, 0.717) is 17.1 Å². The molecule has 0 amide bonds. The van der Waals surface area contributed by atoms with Crippen molar-refractivity contribution in [2.24, 2.45) is 0 Å². The molecule has 3 rings (SSSR count). The normalized spacial score (nSPS) is 36.4. The molecular formula is C16H22O8. The first-order valence-corrected chi connectivity index (χ1v) is 7.69. The zero-order chi connectivity index (χ0) is 17.5. The quantitative estimate of drug-likeness (QED) is 0.545. The molecular weight excluding hydrogens is 320 g/mol. The summed E-state index contributed by atoms with van der Waals surface area (Å²) in [6.07, 6.45) is -5.48. The number of methoxy groups -OCH3 is 2. The summed E-state index contributed by atoms with van der Waals surface area (Å²) in [7, 11) is 3.01. The molecule has 24 heavy (non-hydrogen) atoms. The zero-order valence-electron chi connectivity index (χ0n) is 13.5. The lowest BCUT2D eigenvalue weighted by atomic mass is 9.91. The lowest BCUT2D eigenvalue weighted by Crippen LogP contribution is -2.51. The maximum absolute atomic E-state index is 10.2. The number of rotatable bonds is 5. The fraction of sp³-hybridized carbons (Fsp3) is 0.625. The van der Waals surface area contributed by atoms with Crippen molar-refractivity contribution in [2.45, 2.75) is 42.7 Å². The van der Waals surface area contributed by atoms with E-state index >= 15 is 0 Å². The number of fused-ring (bicyclic) bond motifs is 2. The maximum Gasteiger partial charge on any atom is 0.198 e. The van der Waals surface area contributed by atoms with E-state index in [-0.39, 0.29) is 6.42 Å². The van der Waals surface area contributed by atoms with Crippen molar-refractivity contribution in [3.63, 3.8) is 0 Å². The van der Waals surface area contributed by atoms with Gasteiger partial charge in [-0.05, 0) is 18.2 Å². The number of hydrogen-bond acceptors (Lipinski definition) is 8. The Balaban J connectivity index is 2.00. The van der Waals surface area contributed by atoms with E-state index in [0.717, 1.165) is 0 Å². The van der Waals surface area contributed by atoms with Gasteiger partial charge >= 0.3 is 0 Å². The highest BCUT2D eigenvalue weighted by atomic mass is 16.8. The molecule has 1 aromatic carbocycles. The summed E-state index contributed by atoms with van der Waals surface area (Å²) in [5.41, 5.74) is 0.559. The van der Waals surface area contributed by atoms with Gasteiger partial charge in [0.05, 0.1) is 26.9 Å². The smallest absolute Gasteiger partial charge is 0.198 e. The summed E-state index contributed by atoms with van der Waals surface area (Å²) in [6.45, 7) is -0.546. The van der Waals surface area contributed by atoms with Gasteiger partial charge in [0.2, 0.25) is 0 Å². The van der Waals surface area contributed by atoms with Crippen LogP contribution in [0.25, 0.3) is 0 Å². The average Bonchev–Trinajstić information content (AvgIpc) is 2.95. The molecule has 8 heteroatoms. The summed E-state index contributed by atoms with van der Waals surface area (Å²) < 4.78 is 22.2. The van der Waals surface area contributed by atoms with Gasteiger partial charge < -0.3 is 39.4 Å². The van der Waals surface area contributed by atoms with Crippen LogP contribution in [0.15, 0.2) is 18.2 Å². The van der Waals surface area contributed by atoms with E-state index in [1.165, 1.54) is 14.2 Å². The standard InChI is InChI=1S/C16H22O8/c1-21-11-4-3-8(5-12(11)22-2)16-6-9(18)13(20)15(24-16)14(23-16)10(19)7-17/h3-5,9-10,13-15,17-20H,6-7H2,1-2H3/t9-,10+,13+,14+,15+,16+/m0/s1. The molecule has 0 unspecified atom stereocenters. The molecule has 2 bridgehead atoms. The molecule has 2 saturated heterocycles. The lowest BCUT2D eigenvalue weighted by molar-refractivity contribution is -0.247. The van der Waals surface area contributed by atoms with Gasteiger partial charge in [0.25, 0.3) is 0 Å². The molecule has 0 aliphatic carbocycles. The van der Waals surface area contributed by atoms with Crippen molar-refractivity contribution in [3.8, 4) is 11.5 Å². The first kappa shape index (κ1) is 17.4. The second-order valence-electron chi connectivity index (χ2n) is 6.00. The molecule has 0 saturated carbocycles. The van der Waals surface area contributed by atoms with Crippen molar-refractivity contribution in [1.29, 1.82) is 0 Å². The molecule has 6 atom stereocenters. The summed E-state index contributed by atoms with van der Waals surface area (Å²) in [5.74, 6) is -0.362. The monoisotopic (exact) mass is 342 g/mol. The Morgan fingerprint density at radius 3 is 2.54 bits per heavy atom. The Morgan fingerprint density at radius 2 is 1.92 bits per heavy atom. The van der Waals surface area contributed by atoms with Crippen molar-refractivity contribution >= 4 is 0 Å². The fourth-order valence-electron chi connectivity index (χ4n) is 3.31. The fourth-order valence-corrected chi connectivity index (χ4v) is 3.31. The Morgan fingerprint density at radius 1 is 1.21 bits per heavy atom. The molecule has 2 heterocycles. The van der Waals surface area contributed by atoms with Crippen LogP contribution in [-0.2, 0) is 15.3 Å². The predicted octanol–water partition coefficient (Wildman–Crippen LogP) is -0.881. The van der Waals surface area contributed by atoms with Crippen LogP contribution < -0.4 is 9.47 Å². The minimum Gasteiger partial charge on any atom is -0.493 e. The highest BCUT2D eigenvalue weighted by Crippen LogP contribution is 2.49. The van der Waals surface area contributed by atoms with E-state index in [2.05, 4.69) is 0 Å². The summed E-state index contributed by atoms with van der Waals surface area (Å²) in [6, 6.07) is 5.04. The van der Waals surface area contributed by atoms with Crippen LogP contribution in [-0.4, -0.2) is 71.8 Å².